The van der Waals surface area contributed by atoms with Crippen LogP contribution in [0.25, 0.3) is 5.69 Å². The minimum Gasteiger partial charge on any atom is -0.465 e. The van der Waals surface area contributed by atoms with Gasteiger partial charge in [-0.25, -0.2) is 22.7 Å². The number of nitrogens with one attached hydrogen (secondary N) is 2. The van der Waals surface area contributed by atoms with Gasteiger partial charge in [-0.15, -0.1) is 0 Å². The number of amides is 3. The number of hydrogen-bond acceptors (Lipinski definition) is 8. The maximum atomic E-state index is 14.0. The zero-order valence-electron chi connectivity index (χ0n) is 23.9. The van der Waals surface area contributed by atoms with Crippen molar-refractivity contribution in [3.63, 3.8) is 0 Å². The van der Waals surface area contributed by atoms with E-state index in [4.69, 9.17) is 9.47 Å². The van der Waals surface area contributed by atoms with Gasteiger partial charge in [0.1, 0.15) is 10.9 Å². The molecule has 3 aromatic rings. The van der Waals surface area contributed by atoms with E-state index in [0.717, 1.165) is 17.1 Å². The van der Waals surface area contributed by atoms with Crippen molar-refractivity contribution < 1.29 is 32.3 Å². The number of aromatic nitrogens is 2. The van der Waals surface area contributed by atoms with Crippen LogP contribution in [0, 0.1) is 6.92 Å². The molecular formula is C29H34N6O7S. The quantitative estimate of drug-likeness (QED) is 0.368. The minimum atomic E-state index is -4.18. The van der Waals surface area contributed by atoms with E-state index in [-0.39, 0.29) is 37.2 Å². The van der Waals surface area contributed by atoms with Crippen LogP contribution in [0.5, 0.6) is 0 Å². The van der Waals surface area contributed by atoms with E-state index >= 15 is 0 Å². The Labute approximate surface area is 249 Å². The Morgan fingerprint density at radius 2 is 1.81 bits per heavy atom. The predicted molar refractivity (Wildman–Crippen MR) is 156 cm³/mol. The Hall–Kier alpha value is -4.27. The highest BCUT2D eigenvalue weighted by Crippen LogP contribution is 2.26. The first-order chi connectivity index (χ1) is 20.7. The Bertz CT molecular complexity index is 1570. The number of methoxy groups -OCH3 is 1. The zero-order chi connectivity index (χ0) is 30.6. The third kappa shape index (κ3) is 6.55. The van der Waals surface area contributed by atoms with E-state index in [9.17, 15) is 22.8 Å². The number of benzene rings is 2. The minimum absolute atomic E-state index is 0.0168. The molecule has 2 aliphatic rings. The van der Waals surface area contributed by atoms with Gasteiger partial charge in [-0.3, -0.25) is 4.79 Å². The summed E-state index contributed by atoms with van der Waals surface area (Å²) < 4.78 is 41.0. The van der Waals surface area contributed by atoms with Crippen molar-refractivity contribution in [2.24, 2.45) is 0 Å². The molecule has 2 unspecified atom stereocenters. The fraction of sp³-hybridized carbons (Fsp3) is 0.379. The van der Waals surface area contributed by atoms with E-state index in [0.29, 0.717) is 29.2 Å². The van der Waals surface area contributed by atoms with Gasteiger partial charge in [0.15, 0.2) is 0 Å². The molecule has 3 amide bonds. The normalized spacial score (nSPS) is 19.2. The van der Waals surface area contributed by atoms with Crippen LogP contribution in [0.15, 0.2) is 65.7 Å². The Kier molecular flexibility index (Phi) is 9.08. The number of nitrogens with zero attached hydrogens (tertiary/aromatic N) is 4. The number of anilines is 1. The number of ether oxygens (including phenoxy) is 2. The Morgan fingerprint density at radius 1 is 1.07 bits per heavy atom. The summed E-state index contributed by atoms with van der Waals surface area (Å²) in [5.41, 5.74) is 1.86. The molecule has 0 spiro atoms. The summed E-state index contributed by atoms with van der Waals surface area (Å²) in [7, 11) is -2.90. The van der Waals surface area contributed by atoms with Crippen molar-refractivity contribution in [1.29, 1.82) is 0 Å². The van der Waals surface area contributed by atoms with E-state index in [1.165, 1.54) is 35.0 Å². The number of para-hydroxylation sites is 1. The van der Waals surface area contributed by atoms with Crippen LogP contribution in [-0.2, 0) is 24.3 Å². The smallest absolute Gasteiger partial charge is 0.337 e. The van der Waals surface area contributed by atoms with Gasteiger partial charge in [-0.05, 0) is 56.2 Å². The lowest BCUT2D eigenvalue weighted by atomic mass is 10.2. The number of rotatable bonds is 8. The summed E-state index contributed by atoms with van der Waals surface area (Å²) in [4.78, 5) is 39.8. The summed E-state index contributed by atoms with van der Waals surface area (Å²) in [6, 6.07) is 13.6. The van der Waals surface area contributed by atoms with Crippen LogP contribution in [0.3, 0.4) is 0 Å². The number of carbonyl (C=O) groups excluding carboxylic acids is 3. The van der Waals surface area contributed by atoms with Crippen molar-refractivity contribution in [3.8, 4) is 5.69 Å². The van der Waals surface area contributed by atoms with Gasteiger partial charge in [0.25, 0.3) is 0 Å². The van der Waals surface area contributed by atoms with Crippen molar-refractivity contribution in [1.82, 2.24) is 24.3 Å². The fourth-order valence-corrected chi connectivity index (χ4v) is 6.92. The van der Waals surface area contributed by atoms with E-state index in [1.807, 2.05) is 30.3 Å². The molecule has 14 heteroatoms. The molecule has 5 rings (SSSR count). The SMILES string of the molecule is COC(=O)c1ccc(NC(=O)N2CCN(S(=O)(=O)c3cnn(-c4ccccc4)c3C)C(C(=O)NCC3CCCO3)C2)cc1. The lowest BCUT2D eigenvalue weighted by Gasteiger charge is -2.39. The summed E-state index contributed by atoms with van der Waals surface area (Å²) in [5, 5.41) is 9.89. The molecule has 0 saturated carbocycles. The third-order valence-corrected chi connectivity index (χ3v) is 9.57. The topological polar surface area (TPSA) is 152 Å². The number of esters is 1. The molecule has 228 valence electrons. The zero-order valence-corrected chi connectivity index (χ0v) is 24.7. The van der Waals surface area contributed by atoms with Crippen molar-refractivity contribution in [2.45, 2.75) is 36.8 Å². The van der Waals surface area contributed by atoms with Gasteiger partial charge >= 0.3 is 12.0 Å². The summed E-state index contributed by atoms with van der Waals surface area (Å²) in [5.74, 6) is -1.02. The molecule has 1 aromatic heterocycles. The van der Waals surface area contributed by atoms with Crippen LogP contribution >= 0.6 is 0 Å². The first-order valence-corrected chi connectivity index (χ1v) is 15.4. The monoisotopic (exact) mass is 610 g/mol. The van der Waals surface area contributed by atoms with Crippen LogP contribution in [0.2, 0.25) is 0 Å². The Balaban J connectivity index is 1.36. The second kappa shape index (κ2) is 12.9. The highest BCUT2D eigenvalue weighted by atomic mass is 32.2. The molecule has 2 aliphatic heterocycles. The largest absolute Gasteiger partial charge is 0.465 e. The summed E-state index contributed by atoms with van der Waals surface area (Å²) in [6.45, 7) is 2.29. The predicted octanol–water partition coefficient (Wildman–Crippen LogP) is 2.17. The van der Waals surface area contributed by atoms with Gasteiger partial charge < -0.3 is 25.0 Å². The highest BCUT2D eigenvalue weighted by molar-refractivity contribution is 7.89. The van der Waals surface area contributed by atoms with E-state index < -0.39 is 34.0 Å². The van der Waals surface area contributed by atoms with Gasteiger partial charge in [-0.1, -0.05) is 18.2 Å². The molecule has 2 saturated heterocycles. The first kappa shape index (κ1) is 30.2. The average molecular weight is 611 g/mol. The number of piperazine rings is 1. The number of sulfonamides is 1. The van der Waals surface area contributed by atoms with Crippen molar-refractivity contribution in [2.75, 3.05) is 45.2 Å². The van der Waals surface area contributed by atoms with Gasteiger partial charge in [-0.2, -0.15) is 9.40 Å². The first-order valence-electron chi connectivity index (χ1n) is 13.9. The molecule has 3 heterocycles. The second-order valence-corrected chi connectivity index (χ2v) is 12.2. The molecular weight excluding hydrogens is 576 g/mol. The second-order valence-electron chi connectivity index (χ2n) is 10.3. The van der Waals surface area contributed by atoms with Crippen LogP contribution < -0.4 is 10.6 Å². The lowest BCUT2D eigenvalue weighted by Crippen LogP contribution is -2.62. The maximum Gasteiger partial charge on any atom is 0.337 e. The standard InChI is InChI=1S/C29H34N6O7S/c1-20-26(18-31-35(20)23-7-4-3-5-8-23)43(39,40)34-15-14-33(19-25(34)27(36)30-17-24-9-6-16-42-24)29(38)32-22-12-10-21(11-13-22)28(37)41-2/h3-5,7-8,10-13,18,24-25H,6,9,14-17,19H2,1-2H3,(H,30,36)(H,32,38). The van der Waals surface area contributed by atoms with Crippen LogP contribution in [-0.4, -0.2) is 97.4 Å². The lowest BCUT2D eigenvalue weighted by molar-refractivity contribution is -0.126. The fourth-order valence-electron chi connectivity index (χ4n) is 5.20. The van der Waals surface area contributed by atoms with Crippen LogP contribution in [0.4, 0.5) is 10.5 Å². The van der Waals surface area contributed by atoms with Crippen molar-refractivity contribution >= 4 is 33.6 Å². The highest BCUT2D eigenvalue weighted by Gasteiger charge is 2.42. The molecule has 2 fully saturated rings. The molecule has 2 aromatic carbocycles. The number of hydrogen-bond donors (Lipinski definition) is 2. The van der Waals surface area contributed by atoms with Gasteiger partial charge in [0.05, 0.1) is 36.4 Å². The van der Waals surface area contributed by atoms with E-state index in [1.54, 1.807) is 19.1 Å². The Morgan fingerprint density at radius 3 is 2.49 bits per heavy atom. The average Bonchev–Trinajstić information content (AvgIpc) is 3.70. The van der Waals surface area contributed by atoms with Gasteiger partial charge in [0.2, 0.25) is 15.9 Å². The van der Waals surface area contributed by atoms with E-state index in [2.05, 4.69) is 15.7 Å². The molecule has 0 bridgehead atoms. The maximum absolute atomic E-state index is 14.0. The summed E-state index contributed by atoms with van der Waals surface area (Å²) in [6.07, 6.45) is 2.84. The van der Waals surface area contributed by atoms with Crippen molar-refractivity contribution in [3.05, 3.63) is 72.1 Å². The van der Waals surface area contributed by atoms with Gasteiger partial charge in [0, 0.05) is 38.5 Å². The third-order valence-electron chi connectivity index (χ3n) is 7.56. The molecule has 13 nitrogen and oxygen atoms in total. The number of urea groups is 1. The molecule has 43 heavy (non-hydrogen) atoms. The summed E-state index contributed by atoms with van der Waals surface area (Å²) >= 11 is 0. The number of carbonyl (C=O) groups is 3. The molecule has 0 aliphatic carbocycles. The molecule has 2 N–H and O–H groups in total. The van der Waals surface area contributed by atoms with Crippen LogP contribution in [0.1, 0.15) is 28.9 Å². The molecule has 2 atom stereocenters. The molecule has 0 radical (unpaired) electrons.